The van der Waals surface area contributed by atoms with Gasteiger partial charge in [0.1, 0.15) is 5.75 Å². The van der Waals surface area contributed by atoms with Crippen LogP contribution in [0.1, 0.15) is 25.3 Å². The van der Waals surface area contributed by atoms with Gasteiger partial charge in [-0.25, -0.2) is 0 Å². The highest BCUT2D eigenvalue weighted by molar-refractivity contribution is 5.63. The molecule has 4 heteroatoms. The van der Waals surface area contributed by atoms with Gasteiger partial charge in [-0.15, -0.1) is 0 Å². The van der Waals surface area contributed by atoms with Crippen molar-refractivity contribution in [3.05, 3.63) is 36.0 Å². The molecule has 1 saturated carbocycles. The van der Waals surface area contributed by atoms with E-state index in [1.807, 2.05) is 25.3 Å². The Morgan fingerprint density at radius 3 is 2.79 bits per heavy atom. The van der Waals surface area contributed by atoms with Crippen LogP contribution in [0.25, 0.3) is 11.3 Å². The molecule has 3 rings (SSSR count). The fourth-order valence-electron chi connectivity index (χ4n) is 2.12. The molecule has 4 nitrogen and oxygen atoms in total. The van der Waals surface area contributed by atoms with Crippen molar-refractivity contribution >= 4 is 0 Å². The number of hydrogen-bond acceptors (Lipinski definition) is 3. The van der Waals surface area contributed by atoms with Crippen molar-refractivity contribution in [1.82, 2.24) is 15.5 Å². The summed E-state index contributed by atoms with van der Waals surface area (Å²) in [5, 5.41) is 10.8. The van der Waals surface area contributed by atoms with Gasteiger partial charge in [-0.3, -0.25) is 5.10 Å². The number of rotatable bonds is 6. The minimum absolute atomic E-state index is 0.694. The summed E-state index contributed by atoms with van der Waals surface area (Å²) < 4.78 is 5.46. The minimum atomic E-state index is 0.694. The van der Waals surface area contributed by atoms with Gasteiger partial charge in [-0.1, -0.05) is 0 Å². The first-order valence-electron chi connectivity index (χ1n) is 6.85. The van der Waals surface area contributed by atoms with Gasteiger partial charge in [0.25, 0.3) is 0 Å². The average molecular weight is 257 g/mol. The summed E-state index contributed by atoms with van der Waals surface area (Å²) in [6.07, 6.45) is 4.51. The number of ether oxygens (including phenoxy) is 1. The third kappa shape index (κ3) is 2.96. The van der Waals surface area contributed by atoms with Crippen molar-refractivity contribution in [1.29, 1.82) is 0 Å². The van der Waals surface area contributed by atoms with Crippen LogP contribution in [0, 0.1) is 0 Å². The topological polar surface area (TPSA) is 49.9 Å². The number of benzene rings is 1. The molecule has 0 spiro atoms. The molecule has 19 heavy (non-hydrogen) atoms. The van der Waals surface area contributed by atoms with E-state index in [2.05, 4.69) is 27.6 Å². The fourth-order valence-corrected chi connectivity index (χ4v) is 2.12. The number of aromatic nitrogens is 2. The highest BCUT2D eigenvalue weighted by atomic mass is 16.5. The van der Waals surface area contributed by atoms with Crippen LogP contribution in [-0.2, 0) is 6.54 Å². The molecular weight excluding hydrogens is 238 g/mol. The summed E-state index contributed by atoms with van der Waals surface area (Å²) in [4.78, 5) is 0. The van der Waals surface area contributed by atoms with Gasteiger partial charge in [0.05, 0.1) is 18.5 Å². The Kier molecular flexibility index (Phi) is 3.51. The second-order valence-corrected chi connectivity index (χ2v) is 4.88. The summed E-state index contributed by atoms with van der Waals surface area (Å²) >= 11 is 0. The quantitative estimate of drug-likeness (QED) is 0.836. The number of hydrogen-bond donors (Lipinski definition) is 2. The van der Waals surface area contributed by atoms with E-state index in [0.29, 0.717) is 12.6 Å². The molecule has 0 saturated heterocycles. The Morgan fingerprint density at radius 2 is 2.11 bits per heavy atom. The Bertz CT molecular complexity index is 529. The molecule has 0 aliphatic heterocycles. The lowest BCUT2D eigenvalue weighted by atomic mass is 10.1. The van der Waals surface area contributed by atoms with Crippen LogP contribution in [0.4, 0.5) is 0 Å². The largest absolute Gasteiger partial charge is 0.494 e. The van der Waals surface area contributed by atoms with Crippen LogP contribution in [0.3, 0.4) is 0 Å². The molecule has 1 aliphatic carbocycles. The van der Waals surface area contributed by atoms with Crippen LogP contribution in [-0.4, -0.2) is 22.8 Å². The monoisotopic (exact) mass is 257 g/mol. The first-order valence-corrected chi connectivity index (χ1v) is 6.85. The predicted molar refractivity (Wildman–Crippen MR) is 75.1 cm³/mol. The maximum Gasteiger partial charge on any atom is 0.119 e. The lowest BCUT2D eigenvalue weighted by Crippen LogP contribution is -2.15. The Morgan fingerprint density at radius 1 is 1.32 bits per heavy atom. The van der Waals surface area contributed by atoms with Gasteiger partial charge in [-0.05, 0) is 44.0 Å². The summed E-state index contributed by atoms with van der Waals surface area (Å²) in [7, 11) is 0. The summed E-state index contributed by atoms with van der Waals surface area (Å²) in [5.41, 5.74) is 3.46. The molecule has 1 aliphatic rings. The fraction of sp³-hybridized carbons (Fsp3) is 0.400. The molecule has 0 radical (unpaired) electrons. The molecule has 1 fully saturated rings. The minimum Gasteiger partial charge on any atom is -0.494 e. The zero-order chi connectivity index (χ0) is 13.1. The van der Waals surface area contributed by atoms with Crippen LogP contribution in [0.15, 0.2) is 30.5 Å². The van der Waals surface area contributed by atoms with Crippen molar-refractivity contribution in [3.8, 4) is 17.0 Å². The van der Waals surface area contributed by atoms with Crippen LogP contribution < -0.4 is 10.1 Å². The Balaban J connectivity index is 1.74. The van der Waals surface area contributed by atoms with Crippen LogP contribution in [0.2, 0.25) is 0 Å². The molecular formula is C15H19N3O. The highest BCUT2D eigenvalue weighted by Crippen LogP contribution is 2.25. The van der Waals surface area contributed by atoms with Gasteiger partial charge in [0, 0.05) is 23.7 Å². The normalized spacial score (nSPS) is 14.6. The first-order chi connectivity index (χ1) is 9.36. The van der Waals surface area contributed by atoms with Gasteiger partial charge < -0.3 is 10.1 Å². The van der Waals surface area contributed by atoms with E-state index in [1.165, 1.54) is 18.4 Å². The van der Waals surface area contributed by atoms with Gasteiger partial charge in [-0.2, -0.15) is 5.10 Å². The summed E-state index contributed by atoms with van der Waals surface area (Å²) in [6.45, 7) is 3.56. The van der Waals surface area contributed by atoms with Crippen molar-refractivity contribution in [3.63, 3.8) is 0 Å². The SMILES string of the molecule is CCOc1ccc(-c2[nH]ncc2CNC2CC2)cc1. The number of nitrogens with zero attached hydrogens (tertiary/aromatic N) is 1. The van der Waals surface area contributed by atoms with Gasteiger partial charge in [0.15, 0.2) is 0 Å². The van der Waals surface area contributed by atoms with E-state index >= 15 is 0 Å². The van der Waals surface area contributed by atoms with Crippen molar-refractivity contribution in [2.75, 3.05) is 6.61 Å². The van der Waals surface area contributed by atoms with Crippen molar-refractivity contribution < 1.29 is 4.74 Å². The van der Waals surface area contributed by atoms with Crippen LogP contribution >= 0.6 is 0 Å². The van der Waals surface area contributed by atoms with Gasteiger partial charge in [0.2, 0.25) is 0 Å². The third-order valence-electron chi connectivity index (χ3n) is 3.33. The molecule has 1 aromatic heterocycles. The maximum absolute atomic E-state index is 5.46. The van der Waals surface area contributed by atoms with E-state index in [-0.39, 0.29) is 0 Å². The lowest BCUT2D eigenvalue weighted by Gasteiger charge is -2.06. The molecule has 0 bridgehead atoms. The molecule has 1 heterocycles. The molecule has 100 valence electrons. The lowest BCUT2D eigenvalue weighted by molar-refractivity contribution is 0.340. The van der Waals surface area contributed by atoms with E-state index < -0.39 is 0 Å². The predicted octanol–water partition coefficient (Wildman–Crippen LogP) is 2.73. The maximum atomic E-state index is 5.46. The molecule has 0 atom stereocenters. The Labute approximate surface area is 113 Å². The smallest absolute Gasteiger partial charge is 0.119 e. The molecule has 2 aromatic rings. The molecule has 0 unspecified atom stereocenters. The standard InChI is InChI=1S/C15H19N3O/c1-2-19-14-7-3-11(4-8-14)15-12(10-17-18-15)9-16-13-5-6-13/h3-4,7-8,10,13,16H,2,5-6,9H2,1H3,(H,17,18). The number of H-pyrrole nitrogens is 1. The van der Waals surface area contributed by atoms with E-state index in [4.69, 9.17) is 4.74 Å². The first kappa shape index (κ1) is 12.2. The van der Waals surface area contributed by atoms with Gasteiger partial charge >= 0.3 is 0 Å². The number of nitrogens with one attached hydrogen (secondary N) is 2. The Hall–Kier alpha value is -1.81. The average Bonchev–Trinajstić information content (AvgIpc) is 3.15. The second kappa shape index (κ2) is 5.45. The van der Waals surface area contributed by atoms with Crippen LogP contribution in [0.5, 0.6) is 5.75 Å². The molecule has 2 N–H and O–H groups in total. The zero-order valence-electron chi connectivity index (χ0n) is 11.1. The summed E-state index contributed by atoms with van der Waals surface area (Å²) in [5.74, 6) is 0.906. The zero-order valence-corrected chi connectivity index (χ0v) is 11.1. The van der Waals surface area contributed by atoms with Crippen molar-refractivity contribution in [2.24, 2.45) is 0 Å². The third-order valence-corrected chi connectivity index (χ3v) is 3.33. The van der Waals surface area contributed by atoms with Crippen molar-refractivity contribution in [2.45, 2.75) is 32.4 Å². The molecule has 0 amide bonds. The second-order valence-electron chi connectivity index (χ2n) is 4.88. The van der Waals surface area contributed by atoms with E-state index in [9.17, 15) is 0 Å². The summed E-state index contributed by atoms with van der Waals surface area (Å²) in [6, 6.07) is 8.84. The molecule has 1 aromatic carbocycles. The number of aromatic amines is 1. The van der Waals surface area contributed by atoms with E-state index in [1.54, 1.807) is 0 Å². The van der Waals surface area contributed by atoms with E-state index in [0.717, 1.165) is 23.6 Å². The highest BCUT2D eigenvalue weighted by Gasteiger charge is 2.20.